The van der Waals surface area contributed by atoms with Crippen molar-refractivity contribution in [1.82, 2.24) is 0 Å². The van der Waals surface area contributed by atoms with Crippen molar-refractivity contribution < 1.29 is 13.9 Å². The van der Waals surface area contributed by atoms with Crippen molar-refractivity contribution in [3.8, 4) is 0 Å². The van der Waals surface area contributed by atoms with Gasteiger partial charge < -0.3 is 4.52 Å². The minimum absolute atomic E-state index is 0.357. The highest BCUT2D eigenvalue weighted by Gasteiger charge is 2.22. The molecule has 1 atom stereocenters. The van der Waals surface area contributed by atoms with Crippen LogP contribution in [0.15, 0.2) is 30.8 Å². The van der Waals surface area contributed by atoms with Gasteiger partial charge in [0.2, 0.25) is 6.03 Å². The van der Waals surface area contributed by atoms with Gasteiger partial charge in [-0.2, -0.15) is 0 Å². The van der Waals surface area contributed by atoms with Crippen molar-refractivity contribution in [2.75, 3.05) is 7.11 Å². The van der Waals surface area contributed by atoms with E-state index in [4.69, 9.17) is 4.52 Å². The van der Waals surface area contributed by atoms with Crippen molar-refractivity contribution in [2.24, 2.45) is 0 Å². The third-order valence-corrected chi connectivity index (χ3v) is 3.74. The Kier molecular flexibility index (Phi) is 3.39. The Bertz CT molecular complexity index is 381. The van der Waals surface area contributed by atoms with E-state index in [2.05, 4.69) is 6.58 Å². The van der Waals surface area contributed by atoms with Crippen LogP contribution in [0.1, 0.15) is 5.56 Å². The molecule has 1 rings (SSSR count). The Hall–Kier alpha value is -1.18. The van der Waals surface area contributed by atoms with Crippen molar-refractivity contribution in [3.63, 3.8) is 0 Å². The molecule has 0 aliphatic heterocycles. The number of hydrogen-bond acceptors (Lipinski definition) is 3. The van der Waals surface area contributed by atoms with Crippen LogP contribution in [0.2, 0.25) is 0 Å². The van der Waals surface area contributed by atoms with E-state index in [0.29, 0.717) is 11.3 Å². The number of hydrogen-bond donors (Lipinski definition) is 0. The molecular formula is C10H11O3P. The first kappa shape index (κ1) is 10.9. The predicted octanol–water partition coefficient (Wildman–Crippen LogP) is 2.07. The van der Waals surface area contributed by atoms with Crippen LogP contribution in [0.5, 0.6) is 0 Å². The molecule has 0 fully saturated rings. The lowest BCUT2D eigenvalue weighted by atomic mass is 10.2. The maximum Gasteiger partial charge on any atom is 0.292 e. The van der Waals surface area contributed by atoms with Gasteiger partial charge >= 0.3 is 0 Å². The van der Waals surface area contributed by atoms with Crippen LogP contribution in [0.4, 0.5) is 0 Å². The molecule has 0 saturated carbocycles. The van der Waals surface area contributed by atoms with E-state index in [1.165, 1.54) is 7.11 Å². The normalized spacial score (nSPS) is 14.4. The fourth-order valence-corrected chi connectivity index (χ4v) is 2.01. The van der Waals surface area contributed by atoms with Gasteiger partial charge in [-0.1, -0.05) is 24.8 Å². The molecule has 0 bridgehead atoms. The van der Waals surface area contributed by atoms with Gasteiger partial charge in [-0.15, -0.1) is 0 Å². The van der Waals surface area contributed by atoms with Crippen LogP contribution in [0.25, 0.3) is 6.08 Å². The zero-order valence-electron chi connectivity index (χ0n) is 7.84. The Morgan fingerprint density at radius 3 is 2.29 bits per heavy atom. The molecule has 0 heterocycles. The van der Waals surface area contributed by atoms with Gasteiger partial charge in [0, 0.05) is 12.4 Å². The average Bonchev–Trinajstić information content (AvgIpc) is 2.28. The van der Waals surface area contributed by atoms with Crippen molar-refractivity contribution >= 4 is 24.8 Å². The van der Waals surface area contributed by atoms with Gasteiger partial charge in [0.25, 0.3) is 7.37 Å². The number of benzene rings is 1. The van der Waals surface area contributed by atoms with Gasteiger partial charge in [0.1, 0.15) is 0 Å². The second-order valence-corrected chi connectivity index (χ2v) is 4.97. The molecule has 74 valence electrons. The van der Waals surface area contributed by atoms with Crippen LogP contribution >= 0.6 is 7.37 Å². The van der Waals surface area contributed by atoms with Gasteiger partial charge in [-0.3, -0.25) is 9.36 Å². The first-order valence-electron chi connectivity index (χ1n) is 4.01. The molecule has 1 aromatic rings. The molecule has 3 nitrogen and oxygen atoms in total. The van der Waals surface area contributed by atoms with Crippen LogP contribution < -0.4 is 5.30 Å². The van der Waals surface area contributed by atoms with E-state index in [9.17, 15) is 9.36 Å². The second-order valence-electron chi connectivity index (χ2n) is 2.68. The summed E-state index contributed by atoms with van der Waals surface area (Å²) < 4.78 is 16.4. The van der Waals surface area contributed by atoms with Gasteiger partial charge in [-0.05, 0) is 17.7 Å². The van der Waals surface area contributed by atoms with E-state index in [1.807, 2.05) is 0 Å². The highest BCUT2D eigenvalue weighted by atomic mass is 31.2. The molecule has 0 saturated heterocycles. The number of rotatable bonds is 4. The predicted molar refractivity (Wildman–Crippen MR) is 57.5 cm³/mol. The van der Waals surface area contributed by atoms with Gasteiger partial charge in [0.15, 0.2) is 0 Å². The van der Waals surface area contributed by atoms with Crippen molar-refractivity contribution in [3.05, 3.63) is 36.4 Å². The molecule has 14 heavy (non-hydrogen) atoms. The van der Waals surface area contributed by atoms with Gasteiger partial charge in [-0.25, -0.2) is 0 Å². The molecule has 0 N–H and O–H groups in total. The zero-order valence-corrected chi connectivity index (χ0v) is 8.74. The molecule has 4 heteroatoms. The third kappa shape index (κ3) is 2.00. The molecule has 0 aromatic heterocycles. The third-order valence-electron chi connectivity index (χ3n) is 1.90. The Labute approximate surface area is 82.9 Å². The fraction of sp³-hybridized carbons (Fsp3) is 0.100. The lowest BCUT2D eigenvalue weighted by molar-refractivity contribution is 0.410. The lowest BCUT2D eigenvalue weighted by Crippen LogP contribution is -2.06. The SMILES string of the molecule is C=Cc1ccc(P(=O)(C=O)OC)cc1. The molecule has 0 aliphatic rings. The van der Waals surface area contributed by atoms with Crippen molar-refractivity contribution in [1.29, 1.82) is 0 Å². The summed E-state index contributed by atoms with van der Waals surface area (Å²) in [5.74, 6) is 0. The van der Waals surface area contributed by atoms with Gasteiger partial charge in [0.05, 0.1) is 0 Å². The smallest absolute Gasteiger partial charge is 0.292 e. The lowest BCUT2D eigenvalue weighted by Gasteiger charge is -2.08. The maximum absolute atomic E-state index is 11.7. The largest absolute Gasteiger partial charge is 0.324 e. The minimum Gasteiger partial charge on any atom is -0.324 e. The summed E-state index contributed by atoms with van der Waals surface area (Å²) in [5.41, 5.74) is 0.905. The van der Waals surface area contributed by atoms with Crippen LogP contribution in [0.3, 0.4) is 0 Å². The highest BCUT2D eigenvalue weighted by molar-refractivity contribution is 7.80. The molecule has 0 radical (unpaired) electrons. The van der Waals surface area contributed by atoms with E-state index in [1.54, 1.807) is 30.3 Å². The second kappa shape index (κ2) is 4.36. The first-order valence-corrected chi connectivity index (χ1v) is 5.70. The monoisotopic (exact) mass is 210 g/mol. The maximum atomic E-state index is 11.7. The average molecular weight is 210 g/mol. The molecule has 1 unspecified atom stereocenters. The molecule has 1 aromatic carbocycles. The minimum atomic E-state index is -3.28. The van der Waals surface area contributed by atoms with E-state index < -0.39 is 7.37 Å². The zero-order chi connectivity index (χ0) is 10.6. The van der Waals surface area contributed by atoms with Crippen LogP contribution in [0, 0.1) is 0 Å². The van der Waals surface area contributed by atoms with E-state index in [0.717, 1.165) is 5.56 Å². The summed E-state index contributed by atoms with van der Waals surface area (Å²) in [5, 5.41) is 0.403. The highest BCUT2D eigenvalue weighted by Crippen LogP contribution is 2.40. The Balaban J connectivity index is 3.13. The molecule has 0 spiro atoms. The number of carbonyl (C=O) groups is 1. The summed E-state index contributed by atoms with van der Waals surface area (Å²) in [6.45, 7) is 3.59. The summed E-state index contributed by atoms with van der Waals surface area (Å²) in [6.07, 6.45) is 1.67. The van der Waals surface area contributed by atoms with Crippen LogP contribution in [-0.2, 0) is 13.9 Å². The van der Waals surface area contributed by atoms with Crippen LogP contribution in [-0.4, -0.2) is 13.1 Å². The summed E-state index contributed by atoms with van der Waals surface area (Å²) in [6, 6.07) is 7.04. The van der Waals surface area contributed by atoms with E-state index in [-0.39, 0.29) is 0 Å². The Morgan fingerprint density at radius 2 is 1.93 bits per heavy atom. The fourth-order valence-electron chi connectivity index (χ4n) is 1.03. The number of carbonyl (C=O) groups excluding carboxylic acids is 1. The molecule has 0 amide bonds. The summed E-state index contributed by atoms with van der Waals surface area (Å²) >= 11 is 0. The topological polar surface area (TPSA) is 43.4 Å². The molecule has 0 aliphatic carbocycles. The standard InChI is InChI=1S/C10H11O3P/c1-3-9-4-6-10(7-5-9)14(12,8-11)13-2/h3-8H,1H2,2H3. The van der Waals surface area contributed by atoms with Crippen molar-refractivity contribution in [2.45, 2.75) is 0 Å². The Morgan fingerprint density at radius 1 is 1.36 bits per heavy atom. The summed E-state index contributed by atoms with van der Waals surface area (Å²) in [4.78, 5) is 10.6. The quantitative estimate of drug-likeness (QED) is 0.564. The molecular weight excluding hydrogens is 199 g/mol. The van der Waals surface area contributed by atoms with E-state index >= 15 is 0 Å². The summed E-state index contributed by atoms with van der Waals surface area (Å²) in [7, 11) is -2.02. The first-order chi connectivity index (χ1) is 6.66.